The minimum absolute atomic E-state index is 0.224. The van der Waals surface area contributed by atoms with E-state index in [1.165, 1.54) is 0 Å². The Labute approximate surface area is 170 Å². The van der Waals surface area contributed by atoms with Crippen LogP contribution in [0.15, 0.2) is 18.3 Å². The molecular weight excluding hydrogens is 372 g/mol. The monoisotopic (exact) mass is 400 g/mol. The number of morpholine rings is 1. The average molecular weight is 400 g/mol. The lowest BCUT2D eigenvalue weighted by Crippen LogP contribution is -2.37. The second-order valence-corrected chi connectivity index (χ2v) is 7.35. The summed E-state index contributed by atoms with van der Waals surface area (Å²) in [5, 5.41) is 2.94. The second kappa shape index (κ2) is 9.09. The van der Waals surface area contributed by atoms with Crippen LogP contribution in [-0.2, 0) is 16.0 Å². The van der Waals surface area contributed by atoms with Gasteiger partial charge in [0.25, 0.3) is 5.91 Å². The van der Waals surface area contributed by atoms with Crippen molar-refractivity contribution in [1.82, 2.24) is 15.3 Å². The maximum atomic E-state index is 12.8. The van der Waals surface area contributed by atoms with Crippen molar-refractivity contribution < 1.29 is 19.1 Å². The van der Waals surface area contributed by atoms with Gasteiger partial charge in [-0.3, -0.25) is 4.79 Å². The smallest absolute Gasteiger partial charge is 0.340 e. The molecule has 0 aromatic carbocycles. The SMILES string of the molecule is Cc1[nH]c(C(=O)NCc2cccnc2N2CCOCC2)c(C)c1C(=O)OC(C)C. The molecule has 8 heteroatoms. The molecule has 0 atom stereocenters. The van der Waals surface area contributed by atoms with Crippen LogP contribution in [0.2, 0.25) is 0 Å². The van der Waals surface area contributed by atoms with Crippen LogP contribution in [0.3, 0.4) is 0 Å². The Balaban J connectivity index is 1.73. The first-order valence-corrected chi connectivity index (χ1v) is 9.83. The standard InChI is InChI=1S/C21H28N4O4/c1-13(2)29-21(27)17-14(3)18(24-15(17)4)20(26)23-12-16-6-5-7-22-19(16)25-8-10-28-11-9-25/h5-7,13,24H,8-12H2,1-4H3,(H,23,26). The van der Waals surface area contributed by atoms with Crippen molar-refractivity contribution in [3.8, 4) is 0 Å². The molecule has 0 saturated carbocycles. The predicted octanol–water partition coefficient (Wildman–Crippen LogP) is 2.36. The number of nitrogens with one attached hydrogen (secondary N) is 2. The van der Waals surface area contributed by atoms with Gasteiger partial charge in [0.05, 0.1) is 24.9 Å². The molecule has 0 unspecified atom stereocenters. The Kier molecular flexibility index (Phi) is 6.53. The summed E-state index contributed by atoms with van der Waals surface area (Å²) in [7, 11) is 0. The Bertz CT molecular complexity index is 885. The Morgan fingerprint density at radius 3 is 2.72 bits per heavy atom. The normalized spacial score (nSPS) is 14.2. The molecule has 1 saturated heterocycles. The number of amides is 1. The van der Waals surface area contributed by atoms with Gasteiger partial charge in [0, 0.05) is 37.1 Å². The predicted molar refractivity (Wildman–Crippen MR) is 109 cm³/mol. The van der Waals surface area contributed by atoms with E-state index in [-0.39, 0.29) is 12.0 Å². The van der Waals surface area contributed by atoms with Gasteiger partial charge < -0.3 is 24.7 Å². The summed E-state index contributed by atoms with van der Waals surface area (Å²) in [6, 6.07) is 3.81. The highest BCUT2D eigenvalue weighted by Crippen LogP contribution is 2.21. The number of aromatic amines is 1. The Hall–Kier alpha value is -2.87. The van der Waals surface area contributed by atoms with Crippen LogP contribution in [0.5, 0.6) is 0 Å². The lowest BCUT2D eigenvalue weighted by molar-refractivity contribution is 0.0376. The largest absolute Gasteiger partial charge is 0.459 e. The third-order valence-electron chi connectivity index (χ3n) is 4.83. The maximum absolute atomic E-state index is 12.8. The van der Waals surface area contributed by atoms with Crippen LogP contribution in [0.1, 0.15) is 51.5 Å². The summed E-state index contributed by atoms with van der Waals surface area (Å²) < 4.78 is 10.7. The molecule has 1 aliphatic rings. The van der Waals surface area contributed by atoms with Crippen LogP contribution in [-0.4, -0.2) is 54.3 Å². The van der Waals surface area contributed by atoms with Gasteiger partial charge >= 0.3 is 5.97 Å². The first-order valence-electron chi connectivity index (χ1n) is 9.83. The molecule has 0 bridgehead atoms. The number of carbonyl (C=O) groups excluding carboxylic acids is 2. The number of H-pyrrole nitrogens is 1. The maximum Gasteiger partial charge on any atom is 0.340 e. The number of pyridine rings is 1. The summed E-state index contributed by atoms with van der Waals surface area (Å²) in [4.78, 5) is 34.8. The molecule has 29 heavy (non-hydrogen) atoms. The van der Waals surface area contributed by atoms with Gasteiger partial charge in [0.1, 0.15) is 11.5 Å². The lowest BCUT2D eigenvalue weighted by atomic mass is 10.1. The molecule has 0 spiro atoms. The molecule has 1 aliphatic heterocycles. The quantitative estimate of drug-likeness (QED) is 0.723. The van der Waals surface area contributed by atoms with E-state index < -0.39 is 5.97 Å². The summed E-state index contributed by atoms with van der Waals surface area (Å²) >= 11 is 0. The molecule has 156 valence electrons. The molecule has 3 heterocycles. The highest BCUT2D eigenvalue weighted by atomic mass is 16.5. The summed E-state index contributed by atoms with van der Waals surface area (Å²) in [6.07, 6.45) is 1.53. The zero-order chi connectivity index (χ0) is 21.0. The fourth-order valence-corrected chi connectivity index (χ4v) is 3.45. The number of ether oxygens (including phenoxy) is 2. The van der Waals surface area contributed by atoms with E-state index in [4.69, 9.17) is 9.47 Å². The van der Waals surface area contributed by atoms with Crippen molar-refractivity contribution in [3.63, 3.8) is 0 Å². The second-order valence-electron chi connectivity index (χ2n) is 7.35. The highest BCUT2D eigenvalue weighted by molar-refractivity contribution is 6.00. The number of esters is 1. The van der Waals surface area contributed by atoms with Crippen molar-refractivity contribution in [2.45, 2.75) is 40.3 Å². The number of rotatable bonds is 6. The zero-order valence-corrected chi connectivity index (χ0v) is 17.4. The molecule has 0 aliphatic carbocycles. The fraction of sp³-hybridized carbons (Fsp3) is 0.476. The van der Waals surface area contributed by atoms with E-state index in [9.17, 15) is 9.59 Å². The minimum atomic E-state index is -0.424. The van der Waals surface area contributed by atoms with Gasteiger partial charge in [-0.15, -0.1) is 0 Å². The Morgan fingerprint density at radius 1 is 1.31 bits per heavy atom. The third kappa shape index (κ3) is 4.76. The molecule has 2 aromatic rings. The number of aromatic nitrogens is 2. The highest BCUT2D eigenvalue weighted by Gasteiger charge is 2.24. The van der Waals surface area contributed by atoms with Crippen LogP contribution in [0.4, 0.5) is 5.82 Å². The van der Waals surface area contributed by atoms with Crippen LogP contribution in [0, 0.1) is 13.8 Å². The number of nitrogens with zero attached hydrogens (tertiary/aromatic N) is 2. The third-order valence-corrected chi connectivity index (χ3v) is 4.83. The molecule has 2 aromatic heterocycles. The molecule has 1 fully saturated rings. The van der Waals surface area contributed by atoms with Crippen molar-refractivity contribution in [2.24, 2.45) is 0 Å². The van der Waals surface area contributed by atoms with Crippen molar-refractivity contribution in [1.29, 1.82) is 0 Å². The summed E-state index contributed by atoms with van der Waals surface area (Å²) in [5.74, 6) is 0.162. The van der Waals surface area contributed by atoms with Gasteiger partial charge in [0.15, 0.2) is 0 Å². The number of hydrogen-bond donors (Lipinski definition) is 2. The first kappa shape index (κ1) is 20.9. The first-order chi connectivity index (χ1) is 13.9. The average Bonchev–Trinajstić information content (AvgIpc) is 3.00. The number of hydrogen-bond acceptors (Lipinski definition) is 6. The molecular formula is C21H28N4O4. The zero-order valence-electron chi connectivity index (χ0n) is 17.4. The van der Waals surface area contributed by atoms with Crippen molar-refractivity contribution in [2.75, 3.05) is 31.2 Å². The van der Waals surface area contributed by atoms with E-state index in [0.29, 0.717) is 42.3 Å². The van der Waals surface area contributed by atoms with E-state index in [1.807, 2.05) is 12.1 Å². The van der Waals surface area contributed by atoms with Gasteiger partial charge in [-0.25, -0.2) is 9.78 Å². The van der Waals surface area contributed by atoms with Gasteiger partial charge in [-0.1, -0.05) is 6.07 Å². The molecule has 3 rings (SSSR count). The summed E-state index contributed by atoms with van der Waals surface area (Å²) in [5.41, 5.74) is 2.93. The van der Waals surface area contributed by atoms with Gasteiger partial charge in [0.2, 0.25) is 0 Å². The van der Waals surface area contributed by atoms with E-state index in [0.717, 1.165) is 24.5 Å². The van der Waals surface area contributed by atoms with Crippen molar-refractivity contribution in [3.05, 3.63) is 46.4 Å². The van der Waals surface area contributed by atoms with Crippen LogP contribution in [0.25, 0.3) is 0 Å². The molecule has 1 amide bonds. The number of carbonyl (C=O) groups is 2. The van der Waals surface area contributed by atoms with Gasteiger partial charge in [-0.05, 0) is 39.3 Å². The van der Waals surface area contributed by atoms with Crippen LogP contribution < -0.4 is 10.2 Å². The number of anilines is 1. The lowest BCUT2D eigenvalue weighted by Gasteiger charge is -2.29. The molecule has 8 nitrogen and oxygen atoms in total. The van der Waals surface area contributed by atoms with Gasteiger partial charge in [-0.2, -0.15) is 0 Å². The van der Waals surface area contributed by atoms with E-state index in [2.05, 4.69) is 20.2 Å². The van der Waals surface area contributed by atoms with E-state index >= 15 is 0 Å². The van der Waals surface area contributed by atoms with E-state index in [1.54, 1.807) is 33.9 Å². The Morgan fingerprint density at radius 2 is 2.03 bits per heavy atom. The van der Waals surface area contributed by atoms with Crippen LogP contribution >= 0.6 is 0 Å². The molecule has 0 radical (unpaired) electrons. The molecule has 2 N–H and O–H groups in total. The summed E-state index contributed by atoms with van der Waals surface area (Å²) in [6.45, 7) is 10.3. The fourth-order valence-electron chi connectivity index (χ4n) is 3.45. The van der Waals surface area contributed by atoms with Crippen molar-refractivity contribution >= 4 is 17.7 Å². The number of aryl methyl sites for hydroxylation is 1. The minimum Gasteiger partial charge on any atom is -0.459 e. The topological polar surface area (TPSA) is 96.5 Å².